The van der Waals surface area contributed by atoms with Crippen molar-refractivity contribution in [3.63, 3.8) is 0 Å². The molecule has 0 spiro atoms. The van der Waals surface area contributed by atoms with Crippen LogP contribution in [0.25, 0.3) is 6.08 Å². The Morgan fingerprint density at radius 1 is 0.955 bits per heavy atom. The summed E-state index contributed by atoms with van der Waals surface area (Å²) in [6.45, 7) is 0.705. The summed E-state index contributed by atoms with van der Waals surface area (Å²) in [5, 5.41) is 5.39. The van der Waals surface area contributed by atoms with Gasteiger partial charge in [0.25, 0.3) is 5.91 Å². The first-order valence-corrected chi connectivity index (χ1v) is 6.96. The maximum absolute atomic E-state index is 11.7. The van der Waals surface area contributed by atoms with E-state index in [1.54, 1.807) is 30.5 Å². The second-order valence-electron chi connectivity index (χ2n) is 4.51. The van der Waals surface area contributed by atoms with E-state index < -0.39 is 0 Å². The molecule has 0 saturated carbocycles. The highest BCUT2D eigenvalue weighted by molar-refractivity contribution is 5.92. The SMILES string of the molecule is O=C(/C=C/c1ccccc1)NCCNC(=O)c1ccccn1. The van der Waals surface area contributed by atoms with Crippen LogP contribution in [-0.4, -0.2) is 29.9 Å². The first-order valence-electron chi connectivity index (χ1n) is 6.96. The summed E-state index contributed by atoms with van der Waals surface area (Å²) < 4.78 is 0. The molecule has 5 heteroatoms. The lowest BCUT2D eigenvalue weighted by Gasteiger charge is -2.05. The molecule has 0 unspecified atom stereocenters. The monoisotopic (exact) mass is 295 g/mol. The Morgan fingerprint density at radius 3 is 2.41 bits per heavy atom. The molecule has 0 aliphatic carbocycles. The fraction of sp³-hybridized carbons (Fsp3) is 0.118. The van der Waals surface area contributed by atoms with Crippen LogP contribution in [0.2, 0.25) is 0 Å². The zero-order valence-electron chi connectivity index (χ0n) is 12.0. The van der Waals surface area contributed by atoms with Gasteiger partial charge in [-0.15, -0.1) is 0 Å². The third-order valence-corrected chi connectivity index (χ3v) is 2.83. The van der Waals surface area contributed by atoms with Crippen LogP contribution in [0.4, 0.5) is 0 Å². The van der Waals surface area contributed by atoms with Crippen LogP contribution >= 0.6 is 0 Å². The molecule has 0 aliphatic heterocycles. The van der Waals surface area contributed by atoms with Crippen LogP contribution in [-0.2, 0) is 4.79 Å². The lowest BCUT2D eigenvalue weighted by atomic mass is 10.2. The van der Waals surface area contributed by atoms with Crippen molar-refractivity contribution in [2.24, 2.45) is 0 Å². The Kier molecular flexibility index (Phi) is 5.87. The summed E-state index contributed by atoms with van der Waals surface area (Å²) >= 11 is 0. The van der Waals surface area contributed by atoms with Crippen LogP contribution in [0.1, 0.15) is 16.1 Å². The van der Waals surface area contributed by atoms with Crippen molar-refractivity contribution in [2.45, 2.75) is 0 Å². The van der Waals surface area contributed by atoms with Crippen LogP contribution in [0, 0.1) is 0 Å². The van der Waals surface area contributed by atoms with Gasteiger partial charge in [0.2, 0.25) is 5.91 Å². The lowest BCUT2D eigenvalue weighted by Crippen LogP contribution is -2.34. The molecule has 0 atom stereocenters. The number of pyridine rings is 1. The molecule has 2 rings (SSSR count). The molecule has 5 nitrogen and oxygen atoms in total. The summed E-state index contributed by atoms with van der Waals surface area (Å²) in [5.41, 5.74) is 1.32. The first-order chi connectivity index (χ1) is 10.8. The van der Waals surface area contributed by atoms with Gasteiger partial charge < -0.3 is 10.6 Å². The number of amides is 2. The topological polar surface area (TPSA) is 71.1 Å². The van der Waals surface area contributed by atoms with E-state index in [1.807, 2.05) is 30.3 Å². The van der Waals surface area contributed by atoms with E-state index in [2.05, 4.69) is 15.6 Å². The highest BCUT2D eigenvalue weighted by Crippen LogP contribution is 2.00. The zero-order chi connectivity index (χ0) is 15.6. The summed E-state index contributed by atoms with van der Waals surface area (Å²) in [5.74, 6) is -0.453. The van der Waals surface area contributed by atoms with Gasteiger partial charge in [-0.25, -0.2) is 0 Å². The Labute approximate surface area is 129 Å². The number of carbonyl (C=O) groups is 2. The Hall–Kier alpha value is -2.95. The van der Waals surface area contributed by atoms with Gasteiger partial charge in [-0.2, -0.15) is 0 Å². The second-order valence-corrected chi connectivity index (χ2v) is 4.51. The average molecular weight is 295 g/mol. The zero-order valence-corrected chi connectivity index (χ0v) is 12.0. The summed E-state index contributed by atoms with van der Waals surface area (Å²) in [4.78, 5) is 27.3. The van der Waals surface area contributed by atoms with Gasteiger partial charge in [-0.3, -0.25) is 14.6 Å². The molecule has 0 radical (unpaired) electrons. The van der Waals surface area contributed by atoms with Crippen molar-refractivity contribution < 1.29 is 9.59 Å². The standard InChI is InChI=1S/C17H17N3O2/c21-16(10-9-14-6-2-1-3-7-14)19-12-13-20-17(22)15-8-4-5-11-18-15/h1-11H,12-13H2,(H,19,21)(H,20,22)/b10-9+. The Balaban J connectivity index is 1.67. The number of rotatable bonds is 6. The first kappa shape index (κ1) is 15.4. The van der Waals surface area contributed by atoms with E-state index >= 15 is 0 Å². The van der Waals surface area contributed by atoms with E-state index in [0.717, 1.165) is 5.56 Å². The maximum atomic E-state index is 11.7. The minimum atomic E-state index is -0.255. The number of nitrogens with zero attached hydrogens (tertiary/aromatic N) is 1. The molecule has 0 saturated heterocycles. The van der Waals surface area contributed by atoms with Gasteiger partial charge in [0.15, 0.2) is 0 Å². The van der Waals surface area contributed by atoms with Crippen molar-refractivity contribution in [2.75, 3.05) is 13.1 Å². The predicted molar refractivity (Wildman–Crippen MR) is 85.1 cm³/mol. The molecule has 22 heavy (non-hydrogen) atoms. The molecule has 1 aromatic carbocycles. The molecular formula is C17H17N3O2. The van der Waals surface area contributed by atoms with Crippen molar-refractivity contribution in [3.8, 4) is 0 Å². The molecule has 112 valence electrons. The van der Waals surface area contributed by atoms with E-state index in [1.165, 1.54) is 6.08 Å². The van der Waals surface area contributed by atoms with Crippen LogP contribution in [0.3, 0.4) is 0 Å². The average Bonchev–Trinajstić information content (AvgIpc) is 2.58. The Bertz CT molecular complexity index is 639. The third-order valence-electron chi connectivity index (χ3n) is 2.83. The van der Waals surface area contributed by atoms with Crippen molar-refractivity contribution in [1.29, 1.82) is 0 Å². The minimum Gasteiger partial charge on any atom is -0.351 e. The molecule has 0 aliphatic rings. The van der Waals surface area contributed by atoms with Crippen molar-refractivity contribution >= 4 is 17.9 Å². The predicted octanol–water partition coefficient (Wildman–Crippen LogP) is 1.64. The number of nitrogens with one attached hydrogen (secondary N) is 2. The Morgan fingerprint density at radius 2 is 1.68 bits per heavy atom. The van der Waals surface area contributed by atoms with Gasteiger partial charge >= 0.3 is 0 Å². The number of hydrogen-bond acceptors (Lipinski definition) is 3. The van der Waals surface area contributed by atoms with Crippen LogP contribution in [0.15, 0.2) is 60.8 Å². The minimum absolute atomic E-state index is 0.198. The fourth-order valence-corrected chi connectivity index (χ4v) is 1.74. The summed E-state index contributed by atoms with van der Waals surface area (Å²) in [7, 11) is 0. The highest BCUT2D eigenvalue weighted by Gasteiger charge is 2.04. The van der Waals surface area contributed by atoms with E-state index in [4.69, 9.17) is 0 Å². The van der Waals surface area contributed by atoms with E-state index in [-0.39, 0.29) is 11.8 Å². The quantitative estimate of drug-likeness (QED) is 0.628. The molecule has 0 bridgehead atoms. The van der Waals surface area contributed by atoms with Gasteiger partial charge in [-0.1, -0.05) is 36.4 Å². The summed E-state index contributed by atoms with van der Waals surface area (Å²) in [6.07, 6.45) is 4.77. The molecule has 1 aromatic heterocycles. The largest absolute Gasteiger partial charge is 0.351 e. The van der Waals surface area contributed by atoms with E-state index in [9.17, 15) is 9.59 Å². The fourth-order valence-electron chi connectivity index (χ4n) is 1.74. The molecular weight excluding hydrogens is 278 g/mol. The maximum Gasteiger partial charge on any atom is 0.269 e. The number of aromatic nitrogens is 1. The number of carbonyl (C=O) groups excluding carboxylic acids is 2. The van der Waals surface area contributed by atoms with Crippen molar-refractivity contribution in [1.82, 2.24) is 15.6 Å². The number of benzene rings is 1. The van der Waals surface area contributed by atoms with Gasteiger partial charge in [0, 0.05) is 25.4 Å². The lowest BCUT2D eigenvalue weighted by molar-refractivity contribution is -0.116. The normalized spacial score (nSPS) is 10.4. The molecule has 1 heterocycles. The molecule has 2 amide bonds. The molecule has 2 aromatic rings. The number of hydrogen-bond donors (Lipinski definition) is 2. The van der Waals surface area contributed by atoms with Gasteiger partial charge in [-0.05, 0) is 23.8 Å². The highest BCUT2D eigenvalue weighted by atomic mass is 16.2. The third kappa shape index (κ3) is 5.20. The second kappa shape index (κ2) is 8.36. The van der Waals surface area contributed by atoms with Gasteiger partial charge in [0.05, 0.1) is 0 Å². The van der Waals surface area contributed by atoms with Gasteiger partial charge in [0.1, 0.15) is 5.69 Å². The van der Waals surface area contributed by atoms with E-state index in [0.29, 0.717) is 18.8 Å². The molecule has 2 N–H and O–H groups in total. The smallest absolute Gasteiger partial charge is 0.269 e. The summed E-state index contributed by atoms with van der Waals surface area (Å²) in [6, 6.07) is 14.7. The molecule has 0 fully saturated rings. The van der Waals surface area contributed by atoms with Crippen LogP contribution in [0.5, 0.6) is 0 Å². The van der Waals surface area contributed by atoms with Crippen molar-refractivity contribution in [3.05, 3.63) is 72.1 Å². The van der Waals surface area contributed by atoms with Crippen LogP contribution < -0.4 is 10.6 Å².